The Balaban J connectivity index is 2.14. The summed E-state index contributed by atoms with van der Waals surface area (Å²) in [6.45, 7) is 2.71. The molecule has 1 unspecified atom stereocenters. The highest BCUT2D eigenvalue weighted by Gasteiger charge is 2.18. The molecule has 1 atom stereocenters. The summed E-state index contributed by atoms with van der Waals surface area (Å²) in [5.41, 5.74) is 3.02. The molecule has 0 aliphatic heterocycles. The van der Waals surface area contributed by atoms with Crippen molar-refractivity contribution >= 4 is 11.0 Å². The van der Waals surface area contributed by atoms with Crippen LogP contribution < -0.4 is 0 Å². The van der Waals surface area contributed by atoms with Crippen molar-refractivity contribution in [2.24, 2.45) is 0 Å². The van der Waals surface area contributed by atoms with Gasteiger partial charge in [0.05, 0.1) is 16.7 Å². The normalized spacial score (nSPS) is 12.7. The number of nitrogens with zero attached hydrogens (tertiary/aromatic N) is 4. The number of para-hydroxylation sites is 1. The first-order valence-corrected chi connectivity index (χ1v) is 6.20. The zero-order valence-corrected chi connectivity index (χ0v) is 10.6. The van der Waals surface area contributed by atoms with Gasteiger partial charge in [0.1, 0.15) is 6.10 Å². The molecule has 3 aromatic rings. The van der Waals surface area contributed by atoms with Crippen LogP contribution >= 0.6 is 0 Å². The van der Waals surface area contributed by atoms with Gasteiger partial charge in [-0.2, -0.15) is 5.10 Å². The predicted molar refractivity (Wildman–Crippen MR) is 71.5 cm³/mol. The van der Waals surface area contributed by atoms with E-state index in [1.165, 1.54) is 0 Å². The standard InChI is InChI=1S/C14H14N4O/c1-2-18-12(6-7-17-18)14(19)10-4-3-5-11-13(10)16-9-8-15-11/h3-9,14,19H,2H2,1H3. The average molecular weight is 254 g/mol. The van der Waals surface area contributed by atoms with Gasteiger partial charge in [0, 0.05) is 30.7 Å². The number of hydrogen-bond donors (Lipinski definition) is 1. The second-order valence-electron chi connectivity index (χ2n) is 4.25. The first-order chi connectivity index (χ1) is 9.31. The van der Waals surface area contributed by atoms with Gasteiger partial charge in [0.25, 0.3) is 0 Å². The minimum absolute atomic E-state index is 0.718. The molecule has 0 amide bonds. The van der Waals surface area contributed by atoms with Gasteiger partial charge in [-0.3, -0.25) is 14.6 Å². The molecule has 3 rings (SSSR count). The van der Waals surface area contributed by atoms with Crippen LogP contribution in [0.15, 0.2) is 42.9 Å². The molecule has 1 N–H and O–H groups in total. The Morgan fingerprint density at radius 3 is 2.84 bits per heavy atom. The highest BCUT2D eigenvalue weighted by atomic mass is 16.3. The molecule has 0 spiro atoms. The Kier molecular flexibility index (Phi) is 2.97. The minimum atomic E-state index is -0.747. The van der Waals surface area contributed by atoms with Crippen molar-refractivity contribution in [3.05, 3.63) is 54.1 Å². The van der Waals surface area contributed by atoms with Crippen molar-refractivity contribution in [3.63, 3.8) is 0 Å². The van der Waals surface area contributed by atoms with Crippen molar-refractivity contribution in [1.82, 2.24) is 19.7 Å². The molecule has 0 bridgehead atoms. The van der Waals surface area contributed by atoms with Crippen LogP contribution in [0.4, 0.5) is 0 Å². The molecule has 1 aromatic carbocycles. The molecule has 5 heteroatoms. The third kappa shape index (κ3) is 1.98. The summed E-state index contributed by atoms with van der Waals surface area (Å²) < 4.78 is 1.78. The number of aliphatic hydroxyl groups is 1. The summed E-state index contributed by atoms with van der Waals surface area (Å²) in [7, 11) is 0. The van der Waals surface area contributed by atoms with E-state index in [0.29, 0.717) is 0 Å². The molecule has 2 heterocycles. The van der Waals surface area contributed by atoms with Gasteiger partial charge >= 0.3 is 0 Å². The first-order valence-electron chi connectivity index (χ1n) is 6.20. The summed E-state index contributed by atoms with van der Waals surface area (Å²) in [6.07, 6.45) is 4.23. The molecule has 0 aliphatic carbocycles. The Morgan fingerprint density at radius 1 is 1.16 bits per heavy atom. The summed E-state index contributed by atoms with van der Waals surface area (Å²) in [5, 5.41) is 14.7. The molecule has 96 valence electrons. The van der Waals surface area contributed by atoms with E-state index in [9.17, 15) is 5.11 Å². The number of aliphatic hydroxyl groups excluding tert-OH is 1. The van der Waals surface area contributed by atoms with Crippen molar-refractivity contribution in [2.45, 2.75) is 19.6 Å². The highest BCUT2D eigenvalue weighted by molar-refractivity contribution is 5.78. The van der Waals surface area contributed by atoms with Crippen LogP contribution in [0, 0.1) is 0 Å². The molecule has 0 fully saturated rings. The summed E-state index contributed by atoms with van der Waals surface area (Å²) in [5.74, 6) is 0. The highest BCUT2D eigenvalue weighted by Crippen LogP contribution is 2.26. The van der Waals surface area contributed by atoms with Gasteiger partial charge in [-0.1, -0.05) is 12.1 Å². The Labute approximate surface area is 110 Å². The monoisotopic (exact) mass is 254 g/mol. The Hall–Kier alpha value is -2.27. The van der Waals surface area contributed by atoms with E-state index in [1.54, 1.807) is 23.3 Å². The summed E-state index contributed by atoms with van der Waals surface area (Å²) in [4.78, 5) is 8.57. The third-order valence-corrected chi connectivity index (χ3v) is 3.15. The van der Waals surface area contributed by atoms with E-state index in [1.807, 2.05) is 31.2 Å². The maximum atomic E-state index is 10.6. The van der Waals surface area contributed by atoms with Crippen molar-refractivity contribution in [2.75, 3.05) is 0 Å². The van der Waals surface area contributed by atoms with Gasteiger partial charge in [0.2, 0.25) is 0 Å². The lowest BCUT2D eigenvalue weighted by Gasteiger charge is -2.14. The predicted octanol–water partition coefficient (Wildman–Crippen LogP) is 1.93. The first kappa shape index (κ1) is 11.8. The van der Waals surface area contributed by atoms with Crippen molar-refractivity contribution in [1.29, 1.82) is 0 Å². The summed E-state index contributed by atoms with van der Waals surface area (Å²) in [6, 6.07) is 7.45. The Bertz CT molecular complexity index is 702. The fourth-order valence-electron chi connectivity index (χ4n) is 2.23. The molecule has 0 saturated heterocycles. The molecule has 2 aromatic heterocycles. The minimum Gasteiger partial charge on any atom is -0.382 e. The fraction of sp³-hybridized carbons (Fsp3) is 0.214. The Morgan fingerprint density at radius 2 is 2.00 bits per heavy atom. The lowest BCUT2D eigenvalue weighted by atomic mass is 10.0. The quantitative estimate of drug-likeness (QED) is 0.775. The zero-order valence-electron chi connectivity index (χ0n) is 10.6. The molecule has 0 radical (unpaired) electrons. The SMILES string of the molecule is CCn1nccc1C(O)c1cccc2nccnc12. The molecular formula is C14H14N4O. The average Bonchev–Trinajstić information content (AvgIpc) is 2.94. The van der Waals surface area contributed by atoms with E-state index >= 15 is 0 Å². The maximum absolute atomic E-state index is 10.6. The van der Waals surface area contributed by atoms with Crippen LogP contribution in [-0.2, 0) is 6.54 Å². The number of hydrogen-bond acceptors (Lipinski definition) is 4. The molecule has 19 heavy (non-hydrogen) atoms. The van der Waals surface area contributed by atoms with Crippen LogP contribution in [0.2, 0.25) is 0 Å². The van der Waals surface area contributed by atoms with Gasteiger partial charge in [0.15, 0.2) is 0 Å². The topological polar surface area (TPSA) is 63.8 Å². The van der Waals surface area contributed by atoms with E-state index < -0.39 is 6.10 Å². The number of aryl methyl sites for hydroxylation is 1. The van der Waals surface area contributed by atoms with Gasteiger partial charge in [-0.25, -0.2) is 0 Å². The largest absolute Gasteiger partial charge is 0.382 e. The molecule has 0 aliphatic rings. The van der Waals surface area contributed by atoms with Crippen LogP contribution in [0.3, 0.4) is 0 Å². The van der Waals surface area contributed by atoms with E-state index in [4.69, 9.17) is 0 Å². The molecule has 5 nitrogen and oxygen atoms in total. The van der Waals surface area contributed by atoms with Crippen molar-refractivity contribution in [3.8, 4) is 0 Å². The smallest absolute Gasteiger partial charge is 0.123 e. The lowest BCUT2D eigenvalue weighted by molar-refractivity contribution is 0.209. The van der Waals surface area contributed by atoms with Crippen LogP contribution in [0.25, 0.3) is 11.0 Å². The lowest BCUT2D eigenvalue weighted by Crippen LogP contribution is -2.09. The number of fused-ring (bicyclic) bond motifs is 1. The molecule has 0 saturated carbocycles. The maximum Gasteiger partial charge on any atom is 0.123 e. The van der Waals surface area contributed by atoms with Crippen LogP contribution in [0.1, 0.15) is 24.3 Å². The van der Waals surface area contributed by atoms with Crippen LogP contribution in [0.5, 0.6) is 0 Å². The van der Waals surface area contributed by atoms with Gasteiger partial charge in [-0.15, -0.1) is 0 Å². The fourth-order valence-corrected chi connectivity index (χ4v) is 2.23. The second-order valence-corrected chi connectivity index (χ2v) is 4.25. The number of rotatable bonds is 3. The van der Waals surface area contributed by atoms with E-state index in [-0.39, 0.29) is 0 Å². The van der Waals surface area contributed by atoms with Gasteiger partial charge < -0.3 is 5.11 Å². The second kappa shape index (κ2) is 4.78. The van der Waals surface area contributed by atoms with E-state index in [2.05, 4.69) is 15.1 Å². The van der Waals surface area contributed by atoms with E-state index in [0.717, 1.165) is 28.8 Å². The molecular weight excluding hydrogens is 240 g/mol. The van der Waals surface area contributed by atoms with Gasteiger partial charge in [-0.05, 0) is 19.1 Å². The zero-order chi connectivity index (χ0) is 13.2. The van der Waals surface area contributed by atoms with Crippen molar-refractivity contribution < 1.29 is 5.11 Å². The number of benzene rings is 1. The third-order valence-electron chi connectivity index (χ3n) is 3.15. The van der Waals surface area contributed by atoms with Crippen LogP contribution in [-0.4, -0.2) is 24.9 Å². The summed E-state index contributed by atoms with van der Waals surface area (Å²) >= 11 is 0. The number of aromatic nitrogens is 4.